The van der Waals surface area contributed by atoms with Crippen molar-refractivity contribution in [3.63, 3.8) is 0 Å². The third kappa shape index (κ3) is 16.4. The number of nitrogens with one attached hydrogen (secondary N) is 4. The Bertz CT molecular complexity index is 862. The molecule has 0 bridgehead atoms. The van der Waals surface area contributed by atoms with E-state index in [2.05, 4.69) is 21.3 Å². The van der Waals surface area contributed by atoms with E-state index >= 15 is 0 Å². The molecule has 240 valence electrons. The van der Waals surface area contributed by atoms with E-state index in [9.17, 15) is 19.2 Å². The van der Waals surface area contributed by atoms with Crippen LogP contribution in [0.1, 0.15) is 38.5 Å². The summed E-state index contributed by atoms with van der Waals surface area (Å²) in [4.78, 5) is 46.8. The van der Waals surface area contributed by atoms with E-state index in [4.69, 9.17) is 18.9 Å². The molecule has 0 aromatic rings. The van der Waals surface area contributed by atoms with Crippen LogP contribution in [0.25, 0.3) is 0 Å². The van der Waals surface area contributed by atoms with Crippen LogP contribution in [0.3, 0.4) is 0 Å². The molecule has 0 amide bonds. The van der Waals surface area contributed by atoms with Gasteiger partial charge in [-0.25, -0.2) is 4.79 Å². The van der Waals surface area contributed by atoms with E-state index in [1.807, 2.05) is 0 Å². The molecule has 4 aliphatic heterocycles. The molecule has 0 saturated carbocycles. The number of carbonyl (C=O) groups excluding carboxylic acids is 4. The molecule has 4 heterocycles. The van der Waals surface area contributed by atoms with E-state index in [-0.39, 0.29) is 121 Å². The first kappa shape index (κ1) is 41.6. The Morgan fingerprint density at radius 3 is 1.28 bits per heavy atom. The first-order valence-corrected chi connectivity index (χ1v) is 14.4. The molecule has 0 aromatic carbocycles. The van der Waals surface area contributed by atoms with Crippen LogP contribution in [-0.2, 0) is 65.8 Å². The minimum Gasteiger partial charge on any atom is -1.00 e. The maximum absolute atomic E-state index is 11.7. The SMILES string of the molecule is O=C(OCCOC(=O)C1CCNCC1)C1=CCNC=C1.O=C(OCCOC(=O)C1CCNCC1)C1CCNCC1.[Cl-].[Cl-].[Hg+2]. The average molecular weight is 836 g/mol. The summed E-state index contributed by atoms with van der Waals surface area (Å²) in [5.41, 5.74) is 0.522. The van der Waals surface area contributed by atoms with Crippen LogP contribution in [0.2, 0.25) is 0 Å². The second-order valence-corrected chi connectivity index (χ2v) is 10.1. The number of dihydropyridines is 1. The van der Waals surface area contributed by atoms with Gasteiger partial charge in [0.25, 0.3) is 0 Å². The molecular weight excluding hydrogens is 792 g/mol. The molecule has 0 atom stereocenters. The van der Waals surface area contributed by atoms with Crippen molar-refractivity contribution >= 4 is 23.9 Å². The van der Waals surface area contributed by atoms with Gasteiger partial charge in [0.15, 0.2) is 0 Å². The normalized spacial score (nSPS) is 18.7. The summed E-state index contributed by atoms with van der Waals surface area (Å²) in [5.74, 6) is -0.937. The van der Waals surface area contributed by atoms with Crippen LogP contribution in [0.4, 0.5) is 0 Å². The summed E-state index contributed by atoms with van der Waals surface area (Å²) in [6.07, 6.45) is 10.0. The summed E-state index contributed by atoms with van der Waals surface area (Å²) in [7, 11) is 0. The number of carbonyl (C=O) groups is 4. The number of esters is 4. The van der Waals surface area contributed by atoms with Gasteiger partial charge in [-0.1, -0.05) is 6.08 Å². The molecule has 0 aromatic heterocycles. The third-order valence-electron chi connectivity index (χ3n) is 7.21. The first-order valence-electron chi connectivity index (χ1n) is 14.4. The maximum Gasteiger partial charge on any atom is 2.00 e. The van der Waals surface area contributed by atoms with Crippen LogP contribution >= 0.6 is 0 Å². The van der Waals surface area contributed by atoms with Crippen molar-refractivity contribution in [3.8, 4) is 0 Å². The molecule has 43 heavy (non-hydrogen) atoms. The zero-order valence-corrected chi connectivity index (χ0v) is 31.7. The zero-order chi connectivity index (χ0) is 28.4. The quantitative estimate of drug-likeness (QED) is 0.0719. The van der Waals surface area contributed by atoms with E-state index in [0.717, 1.165) is 77.8 Å². The third-order valence-corrected chi connectivity index (χ3v) is 7.21. The van der Waals surface area contributed by atoms with Crippen LogP contribution in [0, 0.1) is 17.8 Å². The van der Waals surface area contributed by atoms with E-state index < -0.39 is 0 Å². The standard InChI is InChI=1S/C14H24N2O4.C14H20N2O4.2ClH.Hg/c2*17-13(11-1-5-15-6-2-11)19-9-10-20-14(18)12-3-7-16-8-4-12;;;/h11-12,15-16H,1-10H2;1-2,5,12,15-16H,3-4,6-10H2;2*1H;/q;;;;+2/p-2. The van der Waals surface area contributed by atoms with Gasteiger partial charge >= 0.3 is 51.5 Å². The zero-order valence-electron chi connectivity index (χ0n) is 24.7. The second kappa shape index (κ2) is 24.8. The molecule has 4 aliphatic rings. The minimum absolute atomic E-state index is 0. The number of ether oxygens (including phenoxy) is 4. The fraction of sp³-hybridized carbons (Fsp3) is 0.714. The molecule has 15 heteroatoms. The second-order valence-electron chi connectivity index (χ2n) is 10.1. The molecule has 3 fully saturated rings. The Labute approximate surface area is 286 Å². The van der Waals surface area contributed by atoms with Gasteiger partial charge < -0.3 is 65.0 Å². The van der Waals surface area contributed by atoms with Gasteiger partial charge in [-0.05, 0) is 90.1 Å². The summed E-state index contributed by atoms with van der Waals surface area (Å²) >= 11 is 0. The number of hydrogen-bond donors (Lipinski definition) is 4. The molecule has 4 N–H and O–H groups in total. The van der Waals surface area contributed by atoms with Crippen molar-refractivity contribution in [1.82, 2.24) is 21.3 Å². The van der Waals surface area contributed by atoms with Gasteiger partial charge in [-0.15, -0.1) is 0 Å². The molecule has 0 unspecified atom stereocenters. The van der Waals surface area contributed by atoms with Gasteiger partial charge in [0.2, 0.25) is 0 Å². The fourth-order valence-electron chi connectivity index (χ4n) is 4.78. The average Bonchev–Trinajstić information content (AvgIpc) is 3.03. The minimum atomic E-state index is -0.388. The smallest absolute Gasteiger partial charge is 1.00 e. The van der Waals surface area contributed by atoms with E-state index in [1.165, 1.54) is 0 Å². The number of hydrogen-bond acceptors (Lipinski definition) is 12. The summed E-state index contributed by atoms with van der Waals surface area (Å²) in [5, 5.41) is 12.6. The molecule has 0 spiro atoms. The molecule has 0 radical (unpaired) electrons. The van der Waals surface area contributed by atoms with Gasteiger partial charge in [-0.2, -0.15) is 0 Å². The fourth-order valence-corrected chi connectivity index (χ4v) is 4.78. The molecule has 12 nitrogen and oxygen atoms in total. The summed E-state index contributed by atoms with van der Waals surface area (Å²) < 4.78 is 20.5. The largest absolute Gasteiger partial charge is 2.00 e. The summed E-state index contributed by atoms with van der Waals surface area (Å²) in [6.45, 7) is 6.32. The van der Waals surface area contributed by atoms with Crippen LogP contribution < -0.4 is 46.1 Å². The first-order chi connectivity index (χ1) is 19.5. The van der Waals surface area contributed by atoms with Crippen LogP contribution in [-0.4, -0.2) is 96.1 Å². The van der Waals surface area contributed by atoms with Crippen molar-refractivity contribution in [3.05, 3.63) is 23.9 Å². The predicted molar refractivity (Wildman–Crippen MR) is 146 cm³/mol. The number of halogens is 2. The van der Waals surface area contributed by atoms with Crippen molar-refractivity contribution in [2.45, 2.75) is 38.5 Å². The maximum atomic E-state index is 11.7. The van der Waals surface area contributed by atoms with E-state index in [1.54, 1.807) is 18.4 Å². The number of piperidine rings is 3. The monoisotopic (exact) mass is 836 g/mol. The molecule has 0 aliphatic carbocycles. The van der Waals surface area contributed by atoms with Gasteiger partial charge in [0.1, 0.15) is 26.4 Å². The van der Waals surface area contributed by atoms with Crippen LogP contribution in [0.5, 0.6) is 0 Å². The van der Waals surface area contributed by atoms with Crippen molar-refractivity contribution in [2.24, 2.45) is 17.8 Å². The van der Waals surface area contributed by atoms with Gasteiger partial charge in [0, 0.05) is 6.54 Å². The summed E-state index contributed by atoms with van der Waals surface area (Å²) in [6, 6.07) is 0. The molecular formula is C28H44Cl2HgN4O8. The Morgan fingerprint density at radius 2 is 0.953 bits per heavy atom. The van der Waals surface area contributed by atoms with E-state index in [0.29, 0.717) is 12.1 Å². The topological polar surface area (TPSA) is 153 Å². The Hall–Kier alpha value is -1.44. The predicted octanol–water partition coefficient (Wildman–Crippen LogP) is -5.81. The van der Waals surface area contributed by atoms with Gasteiger partial charge in [-0.3, -0.25) is 14.4 Å². The molecule has 4 rings (SSSR count). The Kier molecular flexibility index (Phi) is 24.0. The van der Waals surface area contributed by atoms with Crippen LogP contribution in [0.15, 0.2) is 23.9 Å². The molecule has 3 saturated heterocycles. The Balaban J connectivity index is 0.000000767. The van der Waals surface area contributed by atoms with Crippen molar-refractivity contribution in [2.75, 3.05) is 72.2 Å². The number of rotatable bonds is 10. The van der Waals surface area contributed by atoms with Crippen molar-refractivity contribution in [1.29, 1.82) is 0 Å². The Morgan fingerprint density at radius 1 is 0.605 bits per heavy atom. The van der Waals surface area contributed by atoms with Crippen molar-refractivity contribution < 1.29 is 90.6 Å². The van der Waals surface area contributed by atoms with Gasteiger partial charge in [0.05, 0.1) is 23.3 Å².